The Kier molecular flexibility index (Phi) is 48.8. The molecule has 0 amide bonds. The number of pyridine rings is 8. The molecule has 0 fully saturated rings. The van der Waals surface area contributed by atoms with Gasteiger partial charge in [0.15, 0.2) is 0 Å². The molecular formula is C96H120N8. The van der Waals surface area contributed by atoms with Gasteiger partial charge in [-0.3, -0.25) is 39.9 Å². The molecule has 0 aliphatic rings. The molecule has 0 bridgehead atoms. The highest BCUT2D eigenvalue weighted by atomic mass is 14.7. The zero-order chi connectivity index (χ0) is 77.5. The summed E-state index contributed by atoms with van der Waals surface area (Å²) >= 11 is 0. The van der Waals surface area contributed by atoms with Crippen molar-refractivity contribution in [2.24, 2.45) is 0 Å². The van der Waals surface area contributed by atoms with Crippen LogP contribution in [-0.2, 0) is 0 Å². The summed E-state index contributed by atoms with van der Waals surface area (Å²) in [5.41, 5.74) is 14.2. The maximum Gasteiger partial charge on any atom is 0.0704 e. The number of aromatic nitrogens is 8. The van der Waals surface area contributed by atoms with Crippen molar-refractivity contribution in [1.29, 1.82) is 0 Å². The van der Waals surface area contributed by atoms with Gasteiger partial charge < -0.3 is 0 Å². The minimum absolute atomic E-state index is 1.07. The smallest absolute Gasteiger partial charge is 0.0704 e. The highest BCUT2D eigenvalue weighted by molar-refractivity contribution is 5.87. The van der Waals surface area contributed by atoms with Gasteiger partial charge in [0.25, 0.3) is 0 Å². The van der Waals surface area contributed by atoms with Crippen molar-refractivity contribution in [3.8, 4) is 0 Å². The van der Waals surface area contributed by atoms with Gasteiger partial charge in [-0.05, 0) is 178 Å². The largest absolute Gasteiger partial charge is 0.264 e. The Morgan fingerprint density at radius 2 is 0.587 bits per heavy atom. The molecule has 8 heteroatoms. The van der Waals surface area contributed by atoms with Gasteiger partial charge in [0.05, 0.1) is 22.1 Å². The Morgan fingerprint density at radius 1 is 0.183 bits per heavy atom. The van der Waals surface area contributed by atoms with Gasteiger partial charge in [-0.25, -0.2) is 0 Å². The van der Waals surface area contributed by atoms with Crippen molar-refractivity contribution in [1.82, 2.24) is 39.9 Å². The third-order valence-corrected chi connectivity index (χ3v) is 14.4. The number of hydrogen-bond donors (Lipinski definition) is 0. The molecule has 0 spiro atoms. The van der Waals surface area contributed by atoms with Gasteiger partial charge >= 0.3 is 0 Å². The van der Waals surface area contributed by atoms with E-state index in [0.717, 1.165) is 27.8 Å². The van der Waals surface area contributed by atoms with Crippen molar-refractivity contribution in [3.05, 3.63) is 337 Å². The van der Waals surface area contributed by atoms with Crippen LogP contribution in [0.15, 0.2) is 293 Å². The van der Waals surface area contributed by atoms with Crippen molar-refractivity contribution in [3.63, 3.8) is 0 Å². The molecule has 0 N–H and O–H groups in total. The molecule has 0 atom stereocenters. The van der Waals surface area contributed by atoms with E-state index < -0.39 is 0 Å². The molecule has 0 aliphatic carbocycles. The van der Waals surface area contributed by atoms with Gasteiger partial charge in [0, 0.05) is 117 Å². The second kappa shape index (κ2) is 55.7. The van der Waals surface area contributed by atoms with E-state index in [1.807, 2.05) is 283 Å². The Hall–Kier alpha value is -11.0. The third-order valence-electron chi connectivity index (χ3n) is 14.4. The van der Waals surface area contributed by atoms with E-state index in [1.54, 1.807) is 0 Å². The van der Waals surface area contributed by atoms with Crippen LogP contribution in [0.25, 0.3) is 86.7 Å². The first-order valence-corrected chi connectivity index (χ1v) is 37.4. The van der Waals surface area contributed by atoms with Crippen LogP contribution in [0.2, 0.25) is 0 Å². The average molecular weight is 1390 g/mol. The predicted octanol–water partition coefficient (Wildman–Crippen LogP) is 28.6. The predicted molar refractivity (Wildman–Crippen MR) is 463 cm³/mol. The van der Waals surface area contributed by atoms with Gasteiger partial charge in [-0.2, -0.15) is 0 Å². The highest BCUT2D eigenvalue weighted by Gasteiger charge is 1.99. The summed E-state index contributed by atoms with van der Waals surface area (Å²) in [5, 5.41) is 14.8. The monoisotopic (exact) mass is 1380 g/mol. The Morgan fingerprint density at radius 3 is 1.19 bits per heavy atom. The molecule has 0 saturated carbocycles. The van der Waals surface area contributed by atoms with Crippen LogP contribution in [0.1, 0.15) is 155 Å². The first-order chi connectivity index (χ1) is 50.9. The number of para-hydroxylation sites is 2. The summed E-state index contributed by atoms with van der Waals surface area (Å²) in [6, 6.07) is 76.5. The van der Waals surface area contributed by atoms with Gasteiger partial charge in [-0.15, -0.1) is 0 Å². The molecule has 0 radical (unpaired) electrons. The fourth-order valence-electron chi connectivity index (χ4n) is 9.74. The number of fused-ring (bicyclic) bond motifs is 8. The van der Waals surface area contributed by atoms with Gasteiger partial charge in [0.2, 0.25) is 0 Å². The van der Waals surface area contributed by atoms with E-state index in [2.05, 4.69) is 216 Å². The Bertz CT molecular complexity index is 4220. The molecule has 0 aliphatic heterocycles. The first kappa shape index (κ1) is 91.1. The molecule has 8 heterocycles. The van der Waals surface area contributed by atoms with Gasteiger partial charge in [0.1, 0.15) is 0 Å². The highest BCUT2D eigenvalue weighted by Crippen LogP contribution is 2.20. The molecule has 0 saturated heterocycles. The molecule has 8 aromatic heterocycles. The van der Waals surface area contributed by atoms with Crippen molar-refractivity contribution >= 4 is 86.7 Å². The topological polar surface area (TPSA) is 103 Å². The van der Waals surface area contributed by atoms with Crippen LogP contribution in [-0.4, -0.2) is 39.9 Å². The van der Waals surface area contributed by atoms with Crippen LogP contribution in [0.3, 0.4) is 0 Å². The Balaban J connectivity index is 0.000000578. The zero-order valence-corrected chi connectivity index (χ0v) is 67.3. The van der Waals surface area contributed by atoms with E-state index in [4.69, 9.17) is 0 Å². The average Bonchev–Trinajstić information content (AvgIpc) is 0.848. The van der Waals surface area contributed by atoms with E-state index in [9.17, 15) is 0 Å². The van der Waals surface area contributed by atoms with Crippen LogP contribution >= 0.6 is 0 Å². The van der Waals surface area contributed by atoms with Crippen molar-refractivity contribution in [2.75, 3.05) is 0 Å². The molecule has 16 rings (SSSR count). The van der Waals surface area contributed by atoms with Crippen LogP contribution in [0.4, 0.5) is 0 Å². The lowest BCUT2D eigenvalue weighted by Gasteiger charge is -1.98. The lowest BCUT2D eigenvalue weighted by atomic mass is 10.1. The summed E-state index contributed by atoms with van der Waals surface area (Å²) in [7, 11) is 0. The minimum Gasteiger partial charge on any atom is -0.264 e. The quantitative estimate of drug-likeness (QED) is 0.148. The molecule has 8 aromatic carbocycles. The normalized spacial score (nSPS) is 9.15. The third kappa shape index (κ3) is 31.9. The minimum atomic E-state index is 1.07. The molecule has 0 unspecified atom stereocenters. The fourth-order valence-corrected chi connectivity index (χ4v) is 9.74. The van der Waals surface area contributed by atoms with Crippen LogP contribution in [0.5, 0.6) is 0 Å². The number of benzene rings is 8. The molecule has 104 heavy (non-hydrogen) atoms. The fraction of sp³-hybridized carbons (Fsp3) is 0.250. The van der Waals surface area contributed by atoms with Gasteiger partial charge in [-0.1, -0.05) is 273 Å². The molecule has 16 aromatic rings. The number of hydrogen-bond acceptors (Lipinski definition) is 8. The zero-order valence-electron chi connectivity index (χ0n) is 67.3. The summed E-state index contributed by atoms with van der Waals surface area (Å²) in [6.07, 6.45) is 20.4. The SMILES string of the molecule is CC.CC.CC.CC.CC.CC.CC.CC.Cc1ccc2cccnc2c1.Cc1ccc2ccncc2c1.Cc1ccc2cnccc2c1.Cc1ccc2ncccc2c1.Cc1ccnc2ccccc12.Cc1cnc2ccccc2c1.Cc1cncc2ccccc12.Cc1nccc2ccccc12. The van der Waals surface area contributed by atoms with Crippen LogP contribution < -0.4 is 0 Å². The van der Waals surface area contributed by atoms with Crippen LogP contribution in [0, 0.1) is 55.4 Å². The van der Waals surface area contributed by atoms with E-state index in [1.165, 1.54) is 104 Å². The number of aryl methyl sites for hydroxylation is 8. The van der Waals surface area contributed by atoms with E-state index >= 15 is 0 Å². The summed E-state index contributed by atoms with van der Waals surface area (Å²) < 4.78 is 0. The standard InChI is InChI=1S/8C10H9N.8C2H6/c1-8-2-3-10-7-11-5-4-9(10)6-8;1-8-2-3-9-4-5-11-7-10(9)6-8;1-8-4-5-10-9(7-8)3-2-6-11-10;1-8-4-5-9-3-2-6-11-10(9)7-8;1-8-6-11-7-9-4-2-3-5-10(8)9;1-8-6-9-4-2-3-5-10(9)11-7-8;1-8-10-5-3-2-4-9(10)6-7-11-8;1-8-6-7-11-10-5-3-2-4-9(8)10;8*1-2/h8*2-7H,1H3;8*1-2H3. The lowest BCUT2D eigenvalue weighted by Crippen LogP contribution is -1.80. The van der Waals surface area contributed by atoms with E-state index in [-0.39, 0.29) is 0 Å². The maximum absolute atomic E-state index is 4.28. The Labute approximate surface area is 626 Å². The second-order valence-corrected chi connectivity index (χ2v) is 21.5. The van der Waals surface area contributed by atoms with Crippen molar-refractivity contribution < 1.29 is 0 Å². The van der Waals surface area contributed by atoms with E-state index in [0.29, 0.717) is 0 Å². The molecule has 8 nitrogen and oxygen atoms in total. The summed E-state index contributed by atoms with van der Waals surface area (Å²) in [6.45, 7) is 48.6. The molecular weight excluding hydrogens is 1270 g/mol. The number of nitrogens with zero attached hydrogens (tertiary/aromatic N) is 8. The summed E-state index contributed by atoms with van der Waals surface area (Å²) in [5.74, 6) is 0. The van der Waals surface area contributed by atoms with Crippen molar-refractivity contribution in [2.45, 2.75) is 166 Å². The summed E-state index contributed by atoms with van der Waals surface area (Å²) in [4.78, 5) is 33.4. The maximum atomic E-state index is 4.28. The molecule has 544 valence electrons. The first-order valence-electron chi connectivity index (χ1n) is 37.4. The number of rotatable bonds is 0. The lowest BCUT2D eigenvalue weighted by molar-refractivity contribution is 1.24. The second-order valence-electron chi connectivity index (χ2n) is 21.5.